The number of rotatable bonds is 9. The van der Waals surface area contributed by atoms with Gasteiger partial charge in [0.05, 0.1) is 12.3 Å². The van der Waals surface area contributed by atoms with Crippen molar-refractivity contribution in [3.63, 3.8) is 0 Å². The summed E-state index contributed by atoms with van der Waals surface area (Å²) in [6.07, 6.45) is 5.85. The minimum absolute atomic E-state index is 0.191. The van der Waals surface area contributed by atoms with E-state index < -0.39 is 9.76 Å². The summed E-state index contributed by atoms with van der Waals surface area (Å²) >= 11 is 0. The van der Waals surface area contributed by atoms with Crippen molar-refractivity contribution in [2.75, 3.05) is 0 Å². The summed E-state index contributed by atoms with van der Waals surface area (Å²) in [6, 6.07) is 1.08. The van der Waals surface area contributed by atoms with Gasteiger partial charge in [0.2, 0.25) is 0 Å². The fraction of sp³-hybridized carbons (Fsp3) is 0.846. The summed E-state index contributed by atoms with van der Waals surface area (Å²) in [5.41, 5.74) is 0. The minimum Gasteiger partial charge on any atom is -0.421 e. The molecule has 1 aliphatic rings. The molecular formula is C13H24O4Si. The Labute approximate surface area is 111 Å². The molecule has 0 radical (unpaired) electrons. The van der Waals surface area contributed by atoms with Crippen LogP contribution in [0, 0.1) is 5.92 Å². The van der Waals surface area contributed by atoms with Gasteiger partial charge >= 0.3 is 11.9 Å². The van der Waals surface area contributed by atoms with E-state index in [0.717, 1.165) is 31.7 Å². The van der Waals surface area contributed by atoms with Gasteiger partial charge in [0.15, 0.2) is 9.76 Å². The first-order valence-corrected chi connectivity index (χ1v) is 8.61. The maximum atomic E-state index is 11.2. The first-order valence-electron chi connectivity index (χ1n) is 7.03. The molecule has 18 heavy (non-hydrogen) atoms. The van der Waals surface area contributed by atoms with Gasteiger partial charge in [0.25, 0.3) is 0 Å². The monoisotopic (exact) mass is 272 g/mol. The van der Waals surface area contributed by atoms with Crippen LogP contribution in [-0.4, -0.2) is 27.8 Å². The lowest BCUT2D eigenvalue weighted by atomic mass is 10.0. The first-order chi connectivity index (χ1) is 8.67. The molecule has 4 nitrogen and oxygen atoms in total. The summed E-state index contributed by atoms with van der Waals surface area (Å²) in [5.74, 6) is -0.892. The Bertz CT molecular complexity index is 280. The van der Waals surface area contributed by atoms with Crippen molar-refractivity contribution in [1.82, 2.24) is 0 Å². The third kappa shape index (κ3) is 5.31. The number of esters is 2. The number of carbonyl (C=O) groups is 2. The molecule has 0 amide bonds. The van der Waals surface area contributed by atoms with E-state index in [2.05, 4.69) is 18.6 Å². The van der Waals surface area contributed by atoms with Crippen molar-refractivity contribution >= 4 is 21.7 Å². The second-order valence-electron chi connectivity index (χ2n) is 4.88. The number of hydrogen-bond acceptors (Lipinski definition) is 4. The average Bonchev–Trinajstić information content (AvgIpc) is 2.66. The van der Waals surface area contributed by atoms with Crippen LogP contribution in [0.15, 0.2) is 0 Å². The summed E-state index contributed by atoms with van der Waals surface area (Å²) < 4.78 is 10.4. The SMILES string of the molecule is CCCC(CC)O[SiH2]CCCC1CC(=O)OC1=O. The van der Waals surface area contributed by atoms with Crippen molar-refractivity contribution in [3.8, 4) is 0 Å². The lowest BCUT2D eigenvalue weighted by Gasteiger charge is -2.15. The van der Waals surface area contributed by atoms with Crippen molar-refractivity contribution in [2.24, 2.45) is 5.92 Å². The summed E-state index contributed by atoms with van der Waals surface area (Å²) in [6.45, 7) is 4.34. The number of hydrogen-bond donors (Lipinski definition) is 0. The van der Waals surface area contributed by atoms with Gasteiger partial charge in [-0.2, -0.15) is 0 Å². The molecule has 0 aromatic rings. The maximum absolute atomic E-state index is 11.2. The normalized spacial score (nSPS) is 21.8. The number of carbonyl (C=O) groups excluding carboxylic acids is 2. The van der Waals surface area contributed by atoms with Crippen LogP contribution in [0.5, 0.6) is 0 Å². The highest BCUT2D eigenvalue weighted by atomic mass is 28.2. The van der Waals surface area contributed by atoms with Crippen LogP contribution in [0.4, 0.5) is 0 Å². The third-order valence-electron chi connectivity index (χ3n) is 3.33. The van der Waals surface area contributed by atoms with Crippen LogP contribution in [-0.2, 0) is 18.8 Å². The van der Waals surface area contributed by atoms with Crippen LogP contribution >= 0.6 is 0 Å². The molecule has 104 valence electrons. The van der Waals surface area contributed by atoms with Gasteiger partial charge in [-0.05, 0) is 25.3 Å². The molecular weight excluding hydrogens is 248 g/mol. The van der Waals surface area contributed by atoms with Crippen molar-refractivity contribution in [3.05, 3.63) is 0 Å². The van der Waals surface area contributed by atoms with Crippen molar-refractivity contribution in [2.45, 2.75) is 64.5 Å². The molecule has 0 saturated carbocycles. The highest BCUT2D eigenvalue weighted by molar-refractivity contribution is 6.27. The van der Waals surface area contributed by atoms with Crippen LogP contribution in [0.3, 0.4) is 0 Å². The molecule has 1 fully saturated rings. The summed E-state index contributed by atoms with van der Waals surface area (Å²) in [7, 11) is -0.472. The zero-order valence-electron chi connectivity index (χ0n) is 11.4. The highest BCUT2D eigenvalue weighted by Gasteiger charge is 2.32. The Kier molecular flexibility index (Phi) is 7.20. The Morgan fingerprint density at radius 1 is 1.44 bits per heavy atom. The first kappa shape index (κ1) is 15.4. The van der Waals surface area contributed by atoms with Crippen molar-refractivity contribution < 1.29 is 18.8 Å². The summed E-state index contributed by atoms with van der Waals surface area (Å²) in [4.78, 5) is 22.1. The van der Waals surface area contributed by atoms with Crippen LogP contribution in [0.1, 0.15) is 52.4 Å². The van der Waals surface area contributed by atoms with Gasteiger partial charge in [-0.15, -0.1) is 0 Å². The fourth-order valence-electron chi connectivity index (χ4n) is 2.21. The lowest BCUT2D eigenvalue weighted by molar-refractivity contribution is -0.153. The molecule has 0 bridgehead atoms. The van der Waals surface area contributed by atoms with Crippen LogP contribution in [0.2, 0.25) is 6.04 Å². The van der Waals surface area contributed by atoms with Gasteiger partial charge < -0.3 is 9.16 Å². The van der Waals surface area contributed by atoms with E-state index in [1.54, 1.807) is 0 Å². The Morgan fingerprint density at radius 2 is 2.22 bits per heavy atom. The smallest absolute Gasteiger partial charge is 0.317 e. The zero-order chi connectivity index (χ0) is 13.4. The topological polar surface area (TPSA) is 52.6 Å². The number of ether oxygens (including phenoxy) is 1. The zero-order valence-corrected chi connectivity index (χ0v) is 12.9. The molecule has 2 atom stereocenters. The second kappa shape index (κ2) is 8.42. The van der Waals surface area contributed by atoms with Crippen LogP contribution in [0.25, 0.3) is 0 Å². The molecule has 0 spiro atoms. The maximum Gasteiger partial charge on any atom is 0.317 e. The van der Waals surface area contributed by atoms with E-state index in [0.29, 0.717) is 6.10 Å². The summed E-state index contributed by atoms with van der Waals surface area (Å²) in [5, 5.41) is 0. The predicted molar refractivity (Wildman–Crippen MR) is 71.9 cm³/mol. The quantitative estimate of drug-likeness (QED) is 0.279. The van der Waals surface area contributed by atoms with E-state index in [-0.39, 0.29) is 24.3 Å². The second-order valence-corrected chi connectivity index (χ2v) is 6.33. The van der Waals surface area contributed by atoms with E-state index in [9.17, 15) is 9.59 Å². The third-order valence-corrected chi connectivity index (χ3v) is 4.82. The Hall–Kier alpha value is -0.683. The van der Waals surface area contributed by atoms with Crippen LogP contribution < -0.4 is 0 Å². The van der Waals surface area contributed by atoms with Gasteiger partial charge in [-0.1, -0.05) is 26.7 Å². The molecule has 0 aromatic carbocycles. The van der Waals surface area contributed by atoms with E-state index in [1.165, 1.54) is 6.42 Å². The molecule has 0 aromatic heterocycles. The Morgan fingerprint density at radius 3 is 2.78 bits per heavy atom. The molecule has 0 aliphatic carbocycles. The largest absolute Gasteiger partial charge is 0.421 e. The molecule has 2 unspecified atom stereocenters. The molecule has 1 heterocycles. The average molecular weight is 272 g/mol. The fourth-order valence-corrected chi connectivity index (χ4v) is 3.61. The van der Waals surface area contributed by atoms with Gasteiger partial charge in [0.1, 0.15) is 0 Å². The standard InChI is InChI=1S/C13H24O4Si/c1-3-6-11(4-2)17-18-8-5-7-10-9-12(14)16-13(10)15/h10-11H,3-9,18H2,1-2H3. The molecule has 1 aliphatic heterocycles. The Balaban J connectivity index is 2.04. The lowest BCUT2D eigenvalue weighted by Crippen LogP contribution is -2.14. The molecule has 1 rings (SSSR count). The molecule has 0 N–H and O–H groups in total. The van der Waals surface area contributed by atoms with E-state index in [1.807, 2.05) is 0 Å². The van der Waals surface area contributed by atoms with Gasteiger partial charge in [-0.25, -0.2) is 0 Å². The van der Waals surface area contributed by atoms with E-state index in [4.69, 9.17) is 4.43 Å². The van der Waals surface area contributed by atoms with Gasteiger partial charge in [0, 0.05) is 6.10 Å². The molecule has 1 saturated heterocycles. The minimum atomic E-state index is -0.472. The van der Waals surface area contributed by atoms with E-state index >= 15 is 0 Å². The number of cyclic esters (lactones) is 2. The van der Waals surface area contributed by atoms with Gasteiger partial charge in [-0.3, -0.25) is 9.59 Å². The molecule has 5 heteroatoms. The highest BCUT2D eigenvalue weighted by Crippen LogP contribution is 2.21. The van der Waals surface area contributed by atoms with Crippen molar-refractivity contribution in [1.29, 1.82) is 0 Å². The predicted octanol–water partition coefficient (Wildman–Crippen LogP) is 1.95.